The molecule has 4 nitrogen and oxygen atoms in total. The standard InChI is InChI=1S/C21H18ClN3OS/c1-25-9-8-18-17(12-25)20(19-3-2-10-26-19)16(11-23)21(24-18)27-13-14-4-6-15(22)7-5-14/h2-7,10H,8-9,12-13H2,1H3. The van der Waals surface area contributed by atoms with Crippen molar-refractivity contribution in [3.63, 3.8) is 0 Å². The summed E-state index contributed by atoms with van der Waals surface area (Å²) in [5, 5.41) is 11.4. The van der Waals surface area contributed by atoms with E-state index in [2.05, 4.69) is 18.0 Å². The molecule has 0 fully saturated rings. The highest BCUT2D eigenvalue weighted by molar-refractivity contribution is 7.98. The minimum atomic E-state index is 0.595. The summed E-state index contributed by atoms with van der Waals surface area (Å²) in [6.45, 7) is 1.74. The van der Waals surface area contributed by atoms with Gasteiger partial charge in [-0.1, -0.05) is 23.7 Å². The van der Waals surface area contributed by atoms with E-state index in [0.29, 0.717) is 5.56 Å². The topological polar surface area (TPSA) is 53.1 Å². The molecule has 4 rings (SSSR count). The van der Waals surface area contributed by atoms with Gasteiger partial charge in [0.1, 0.15) is 16.9 Å². The van der Waals surface area contributed by atoms with Gasteiger partial charge in [0, 0.05) is 47.1 Å². The zero-order chi connectivity index (χ0) is 18.8. The third-order valence-corrected chi connectivity index (χ3v) is 5.98. The van der Waals surface area contributed by atoms with Gasteiger partial charge in [-0.15, -0.1) is 11.8 Å². The molecule has 3 aromatic rings. The number of hydrogen-bond acceptors (Lipinski definition) is 5. The molecule has 0 aliphatic carbocycles. The molecule has 0 unspecified atom stereocenters. The molecule has 0 atom stereocenters. The van der Waals surface area contributed by atoms with Crippen LogP contribution in [0.5, 0.6) is 0 Å². The lowest BCUT2D eigenvalue weighted by atomic mass is 9.95. The molecule has 0 spiro atoms. The zero-order valence-corrected chi connectivity index (χ0v) is 16.5. The Hall–Kier alpha value is -2.26. The number of pyridine rings is 1. The molecule has 1 aliphatic rings. The van der Waals surface area contributed by atoms with Crippen LogP contribution >= 0.6 is 23.4 Å². The normalized spacial score (nSPS) is 14.0. The largest absolute Gasteiger partial charge is 0.464 e. The summed E-state index contributed by atoms with van der Waals surface area (Å²) in [4.78, 5) is 7.12. The Kier molecular flexibility index (Phi) is 5.22. The highest BCUT2D eigenvalue weighted by Crippen LogP contribution is 2.38. The van der Waals surface area contributed by atoms with Crippen molar-refractivity contribution in [3.8, 4) is 17.4 Å². The predicted octanol–water partition coefficient (Wildman–Crippen LogP) is 5.15. The van der Waals surface area contributed by atoms with Crippen LogP contribution in [0.15, 0.2) is 52.1 Å². The molecule has 1 aliphatic heterocycles. The van der Waals surface area contributed by atoms with E-state index >= 15 is 0 Å². The van der Waals surface area contributed by atoms with Gasteiger partial charge in [-0.3, -0.25) is 0 Å². The van der Waals surface area contributed by atoms with Crippen LogP contribution in [0.25, 0.3) is 11.3 Å². The number of thioether (sulfide) groups is 1. The number of hydrogen-bond donors (Lipinski definition) is 0. The van der Waals surface area contributed by atoms with Crippen LogP contribution in [0.2, 0.25) is 5.02 Å². The molecule has 1 aromatic carbocycles. The van der Waals surface area contributed by atoms with E-state index in [0.717, 1.165) is 63.5 Å². The fourth-order valence-corrected chi connectivity index (χ4v) is 4.39. The van der Waals surface area contributed by atoms with E-state index < -0.39 is 0 Å². The number of halogens is 1. The van der Waals surface area contributed by atoms with E-state index in [1.54, 1.807) is 18.0 Å². The van der Waals surface area contributed by atoms with Gasteiger partial charge in [-0.25, -0.2) is 4.98 Å². The SMILES string of the molecule is CN1CCc2nc(SCc3ccc(Cl)cc3)c(C#N)c(-c3ccco3)c2C1. The highest BCUT2D eigenvalue weighted by atomic mass is 35.5. The number of aromatic nitrogens is 1. The second-order valence-corrected chi connectivity index (χ2v) is 7.98. The number of nitriles is 1. The van der Waals surface area contributed by atoms with Crippen LogP contribution in [0.3, 0.4) is 0 Å². The number of furan rings is 1. The molecule has 6 heteroatoms. The maximum absolute atomic E-state index is 9.92. The van der Waals surface area contributed by atoms with Gasteiger partial charge in [0.25, 0.3) is 0 Å². The van der Waals surface area contributed by atoms with Crippen LogP contribution in [0.4, 0.5) is 0 Å². The number of rotatable bonds is 4. The fourth-order valence-electron chi connectivity index (χ4n) is 3.30. The van der Waals surface area contributed by atoms with Gasteiger partial charge in [0.05, 0.1) is 11.8 Å². The van der Waals surface area contributed by atoms with Gasteiger partial charge >= 0.3 is 0 Å². The summed E-state index contributed by atoms with van der Waals surface area (Å²) in [7, 11) is 2.09. The predicted molar refractivity (Wildman–Crippen MR) is 108 cm³/mol. The number of likely N-dealkylation sites (N-methyl/N-ethyl adjacent to an activating group) is 1. The van der Waals surface area contributed by atoms with Crippen molar-refractivity contribution in [1.82, 2.24) is 9.88 Å². The van der Waals surface area contributed by atoms with Crippen LogP contribution < -0.4 is 0 Å². The molecule has 27 heavy (non-hydrogen) atoms. The fraction of sp³-hybridized carbons (Fsp3) is 0.238. The Balaban J connectivity index is 1.76. The average Bonchev–Trinajstić information content (AvgIpc) is 3.20. The molecule has 0 saturated heterocycles. The Morgan fingerprint density at radius 2 is 2.11 bits per heavy atom. The van der Waals surface area contributed by atoms with Gasteiger partial charge in [0.15, 0.2) is 0 Å². The minimum Gasteiger partial charge on any atom is -0.464 e. The number of nitrogens with zero attached hydrogens (tertiary/aromatic N) is 3. The molecule has 2 aromatic heterocycles. The van der Waals surface area contributed by atoms with Crippen LogP contribution in [-0.4, -0.2) is 23.5 Å². The lowest BCUT2D eigenvalue weighted by Crippen LogP contribution is -2.28. The first-order valence-corrected chi connectivity index (χ1v) is 10.1. The average molecular weight is 396 g/mol. The van der Waals surface area contributed by atoms with Crippen molar-refractivity contribution < 1.29 is 4.42 Å². The van der Waals surface area contributed by atoms with Gasteiger partial charge in [-0.05, 0) is 36.9 Å². The zero-order valence-electron chi connectivity index (χ0n) is 14.9. The first-order valence-electron chi connectivity index (χ1n) is 8.71. The van der Waals surface area contributed by atoms with E-state index in [1.807, 2.05) is 36.4 Å². The summed E-state index contributed by atoms with van der Waals surface area (Å²) in [5.41, 5.74) is 4.80. The molecule has 0 saturated carbocycles. The summed E-state index contributed by atoms with van der Waals surface area (Å²) >= 11 is 7.55. The molecule has 0 amide bonds. The number of benzene rings is 1. The Labute approximate surface area is 167 Å². The van der Waals surface area contributed by atoms with E-state index in [4.69, 9.17) is 21.0 Å². The lowest BCUT2D eigenvalue weighted by molar-refractivity contribution is 0.309. The first-order chi connectivity index (χ1) is 13.2. The maximum Gasteiger partial charge on any atom is 0.135 e. The van der Waals surface area contributed by atoms with E-state index in [1.165, 1.54) is 0 Å². The highest BCUT2D eigenvalue weighted by Gasteiger charge is 2.26. The molecule has 136 valence electrons. The smallest absolute Gasteiger partial charge is 0.135 e. The van der Waals surface area contributed by atoms with Crippen molar-refractivity contribution in [2.75, 3.05) is 13.6 Å². The van der Waals surface area contributed by atoms with Crippen LogP contribution in [0, 0.1) is 11.3 Å². The van der Waals surface area contributed by atoms with Crippen LogP contribution in [-0.2, 0) is 18.7 Å². The Bertz CT molecular complexity index is 994. The van der Waals surface area contributed by atoms with Crippen LogP contribution in [0.1, 0.15) is 22.4 Å². The first kappa shape index (κ1) is 18.1. The van der Waals surface area contributed by atoms with Crippen molar-refractivity contribution in [1.29, 1.82) is 5.26 Å². The molecule has 0 bridgehead atoms. The number of fused-ring (bicyclic) bond motifs is 1. The minimum absolute atomic E-state index is 0.595. The van der Waals surface area contributed by atoms with Crippen molar-refractivity contribution in [2.45, 2.75) is 23.7 Å². The second-order valence-electron chi connectivity index (χ2n) is 6.58. The molecular weight excluding hydrogens is 378 g/mol. The Morgan fingerprint density at radius 3 is 2.81 bits per heavy atom. The third kappa shape index (κ3) is 3.74. The second kappa shape index (κ2) is 7.77. The quantitative estimate of drug-likeness (QED) is 0.572. The summed E-state index contributed by atoms with van der Waals surface area (Å²) in [6, 6.07) is 13.9. The Morgan fingerprint density at radius 1 is 1.30 bits per heavy atom. The maximum atomic E-state index is 9.92. The van der Waals surface area contributed by atoms with Gasteiger partial charge in [0.2, 0.25) is 0 Å². The summed E-state index contributed by atoms with van der Waals surface area (Å²) < 4.78 is 5.67. The van der Waals surface area contributed by atoms with Gasteiger partial charge in [-0.2, -0.15) is 5.26 Å². The third-order valence-electron chi connectivity index (χ3n) is 4.68. The molecule has 0 radical (unpaired) electrons. The van der Waals surface area contributed by atoms with Crippen molar-refractivity contribution in [3.05, 3.63) is 70.1 Å². The molecule has 0 N–H and O–H groups in total. The molecule has 3 heterocycles. The summed E-state index contributed by atoms with van der Waals surface area (Å²) in [5.74, 6) is 1.46. The lowest BCUT2D eigenvalue weighted by Gasteiger charge is -2.27. The molecular formula is C21H18ClN3OS. The van der Waals surface area contributed by atoms with E-state index in [-0.39, 0.29) is 0 Å². The van der Waals surface area contributed by atoms with Gasteiger partial charge < -0.3 is 9.32 Å². The van der Waals surface area contributed by atoms with Crippen molar-refractivity contribution in [2.24, 2.45) is 0 Å². The monoisotopic (exact) mass is 395 g/mol. The van der Waals surface area contributed by atoms with Crippen molar-refractivity contribution >= 4 is 23.4 Å². The summed E-state index contributed by atoms with van der Waals surface area (Å²) in [6.07, 6.45) is 2.52. The van der Waals surface area contributed by atoms with E-state index in [9.17, 15) is 5.26 Å².